The van der Waals surface area contributed by atoms with Crippen LogP contribution in [0, 0.1) is 0 Å². The van der Waals surface area contributed by atoms with Crippen molar-refractivity contribution < 1.29 is 0 Å². The van der Waals surface area contributed by atoms with Gasteiger partial charge in [0.2, 0.25) is 0 Å². The van der Waals surface area contributed by atoms with E-state index in [0.717, 1.165) is 6.54 Å². The largest absolute Gasteiger partial charge is 0.313 e. The van der Waals surface area contributed by atoms with Gasteiger partial charge in [0.15, 0.2) is 0 Å². The predicted molar refractivity (Wildman–Crippen MR) is 80.3 cm³/mol. The predicted octanol–water partition coefficient (Wildman–Crippen LogP) is 3.27. The normalized spacial score (nSPS) is 22.0. The lowest BCUT2D eigenvalue weighted by Gasteiger charge is -2.23. The van der Waals surface area contributed by atoms with Crippen molar-refractivity contribution in [3.63, 3.8) is 0 Å². The lowest BCUT2D eigenvalue weighted by molar-refractivity contribution is 0.257. The van der Waals surface area contributed by atoms with E-state index in [1.54, 1.807) is 0 Å². The molecule has 1 aromatic rings. The summed E-state index contributed by atoms with van der Waals surface area (Å²) in [7, 11) is 0. The zero-order valence-corrected chi connectivity index (χ0v) is 12.6. The van der Waals surface area contributed by atoms with E-state index in [1.807, 2.05) is 11.3 Å². The molecule has 1 aliphatic rings. The fraction of sp³-hybridized carbons (Fsp3) is 0.733. The average molecular weight is 266 g/mol. The topological polar surface area (TPSA) is 15.3 Å². The highest BCUT2D eigenvalue weighted by atomic mass is 32.1. The van der Waals surface area contributed by atoms with Gasteiger partial charge in [-0.15, -0.1) is 11.3 Å². The van der Waals surface area contributed by atoms with E-state index in [1.165, 1.54) is 55.1 Å². The van der Waals surface area contributed by atoms with Crippen molar-refractivity contribution in [1.29, 1.82) is 0 Å². The first kappa shape index (κ1) is 14.0. The lowest BCUT2D eigenvalue weighted by atomic mass is 10.1. The molecule has 0 saturated carbocycles. The molecule has 1 unspecified atom stereocenters. The summed E-state index contributed by atoms with van der Waals surface area (Å²) in [5.41, 5.74) is 0. The van der Waals surface area contributed by atoms with Crippen molar-refractivity contribution in [2.45, 2.75) is 52.1 Å². The first-order chi connectivity index (χ1) is 8.81. The number of hydrogen-bond acceptors (Lipinski definition) is 3. The second-order valence-electron chi connectivity index (χ2n) is 5.25. The minimum Gasteiger partial charge on any atom is -0.313 e. The molecule has 0 aliphatic carbocycles. The molecule has 1 atom stereocenters. The van der Waals surface area contributed by atoms with Crippen molar-refractivity contribution in [2.75, 3.05) is 19.6 Å². The molecule has 3 heteroatoms. The van der Waals surface area contributed by atoms with E-state index >= 15 is 0 Å². The first-order valence-corrected chi connectivity index (χ1v) is 8.16. The molecule has 18 heavy (non-hydrogen) atoms. The summed E-state index contributed by atoms with van der Waals surface area (Å²) in [4.78, 5) is 5.68. The number of nitrogens with one attached hydrogen (secondary N) is 1. The van der Waals surface area contributed by atoms with Gasteiger partial charge in [0.05, 0.1) is 0 Å². The maximum atomic E-state index is 3.68. The Bertz CT molecular complexity index is 348. The SMILES string of the molecule is CCCC1CN(Cc2ccc(CC)s2)CCCN1. The standard InChI is InChI=1S/C15H26N2S/c1-3-6-13-11-17(10-5-9-16-13)12-15-8-7-14(4-2)18-15/h7-8,13,16H,3-6,9-12H2,1-2H3. The zero-order valence-electron chi connectivity index (χ0n) is 11.7. The molecule has 0 bridgehead atoms. The van der Waals surface area contributed by atoms with E-state index in [0.29, 0.717) is 6.04 Å². The van der Waals surface area contributed by atoms with Gasteiger partial charge >= 0.3 is 0 Å². The van der Waals surface area contributed by atoms with E-state index in [-0.39, 0.29) is 0 Å². The number of aryl methyl sites for hydroxylation is 1. The molecule has 0 aromatic carbocycles. The van der Waals surface area contributed by atoms with Crippen LogP contribution in [-0.4, -0.2) is 30.6 Å². The monoisotopic (exact) mass is 266 g/mol. The highest BCUT2D eigenvalue weighted by molar-refractivity contribution is 7.11. The van der Waals surface area contributed by atoms with Crippen molar-refractivity contribution in [1.82, 2.24) is 10.2 Å². The smallest absolute Gasteiger partial charge is 0.0328 e. The Morgan fingerprint density at radius 1 is 1.33 bits per heavy atom. The molecule has 0 amide bonds. The molecule has 1 saturated heterocycles. The van der Waals surface area contributed by atoms with E-state index in [9.17, 15) is 0 Å². The van der Waals surface area contributed by atoms with Gasteiger partial charge in [-0.25, -0.2) is 0 Å². The number of hydrogen-bond donors (Lipinski definition) is 1. The van der Waals surface area contributed by atoms with Crippen LogP contribution in [0.5, 0.6) is 0 Å². The van der Waals surface area contributed by atoms with Crippen LogP contribution >= 0.6 is 11.3 Å². The summed E-state index contributed by atoms with van der Waals surface area (Å²) >= 11 is 1.99. The number of nitrogens with zero attached hydrogens (tertiary/aromatic N) is 1. The molecule has 1 aromatic heterocycles. The Balaban J connectivity index is 1.90. The summed E-state index contributed by atoms with van der Waals surface area (Å²) in [6.07, 6.45) is 5.04. The van der Waals surface area contributed by atoms with Crippen LogP contribution in [0.3, 0.4) is 0 Å². The van der Waals surface area contributed by atoms with E-state index in [2.05, 4.69) is 36.2 Å². The third kappa shape index (κ3) is 4.08. The molecule has 2 rings (SSSR count). The summed E-state index contributed by atoms with van der Waals surface area (Å²) in [6, 6.07) is 5.30. The summed E-state index contributed by atoms with van der Waals surface area (Å²) < 4.78 is 0. The van der Waals surface area contributed by atoms with Gasteiger partial charge in [-0.1, -0.05) is 20.3 Å². The van der Waals surface area contributed by atoms with Gasteiger partial charge < -0.3 is 5.32 Å². The molecule has 2 nitrogen and oxygen atoms in total. The highest BCUT2D eigenvalue weighted by Crippen LogP contribution is 2.19. The second kappa shape index (κ2) is 7.27. The van der Waals surface area contributed by atoms with E-state index < -0.39 is 0 Å². The lowest BCUT2D eigenvalue weighted by Crippen LogP contribution is -2.37. The van der Waals surface area contributed by atoms with Gasteiger partial charge in [0, 0.05) is 28.9 Å². The second-order valence-corrected chi connectivity index (χ2v) is 6.50. The fourth-order valence-corrected chi connectivity index (χ4v) is 3.68. The van der Waals surface area contributed by atoms with Gasteiger partial charge in [-0.05, 0) is 44.5 Å². The molecule has 0 radical (unpaired) electrons. The Hall–Kier alpha value is -0.380. The zero-order chi connectivity index (χ0) is 12.8. The summed E-state index contributed by atoms with van der Waals surface area (Å²) in [5.74, 6) is 0. The maximum Gasteiger partial charge on any atom is 0.0328 e. The van der Waals surface area contributed by atoms with Crippen molar-refractivity contribution >= 4 is 11.3 Å². The highest BCUT2D eigenvalue weighted by Gasteiger charge is 2.17. The van der Waals surface area contributed by atoms with Crippen LogP contribution in [0.4, 0.5) is 0 Å². The minimum absolute atomic E-state index is 0.697. The quantitative estimate of drug-likeness (QED) is 0.880. The Kier molecular flexibility index (Phi) is 5.67. The Labute approximate surface area is 115 Å². The molecule has 1 aliphatic heterocycles. The number of thiophene rings is 1. The van der Waals surface area contributed by atoms with Crippen LogP contribution in [0.15, 0.2) is 12.1 Å². The third-order valence-corrected chi connectivity index (χ3v) is 4.86. The van der Waals surface area contributed by atoms with Crippen molar-refractivity contribution in [3.05, 3.63) is 21.9 Å². The fourth-order valence-electron chi connectivity index (χ4n) is 2.68. The van der Waals surface area contributed by atoms with Gasteiger partial charge in [0.1, 0.15) is 0 Å². The van der Waals surface area contributed by atoms with Crippen LogP contribution in [0.1, 0.15) is 42.9 Å². The molecule has 2 heterocycles. The maximum absolute atomic E-state index is 3.68. The molecular formula is C15H26N2S. The average Bonchev–Trinajstić information content (AvgIpc) is 2.70. The van der Waals surface area contributed by atoms with Crippen LogP contribution in [0.2, 0.25) is 0 Å². The summed E-state index contributed by atoms with van der Waals surface area (Å²) in [5, 5.41) is 3.68. The Morgan fingerprint density at radius 2 is 2.17 bits per heavy atom. The van der Waals surface area contributed by atoms with Crippen molar-refractivity contribution in [3.8, 4) is 0 Å². The Morgan fingerprint density at radius 3 is 2.89 bits per heavy atom. The molecule has 0 spiro atoms. The first-order valence-electron chi connectivity index (χ1n) is 7.35. The van der Waals surface area contributed by atoms with Crippen LogP contribution in [-0.2, 0) is 13.0 Å². The minimum atomic E-state index is 0.697. The van der Waals surface area contributed by atoms with Gasteiger partial charge in [0.25, 0.3) is 0 Å². The van der Waals surface area contributed by atoms with Crippen molar-refractivity contribution in [2.24, 2.45) is 0 Å². The van der Waals surface area contributed by atoms with Crippen LogP contribution < -0.4 is 5.32 Å². The third-order valence-electron chi connectivity index (χ3n) is 3.65. The van der Waals surface area contributed by atoms with Gasteiger partial charge in [-0.2, -0.15) is 0 Å². The molecule has 1 N–H and O–H groups in total. The molecule has 1 fully saturated rings. The van der Waals surface area contributed by atoms with Crippen LogP contribution in [0.25, 0.3) is 0 Å². The molecule has 102 valence electrons. The number of rotatable bonds is 5. The van der Waals surface area contributed by atoms with E-state index in [4.69, 9.17) is 0 Å². The molecular weight excluding hydrogens is 240 g/mol. The summed E-state index contributed by atoms with van der Waals surface area (Å²) in [6.45, 7) is 9.31. The van der Waals surface area contributed by atoms with Gasteiger partial charge in [-0.3, -0.25) is 4.90 Å².